The summed E-state index contributed by atoms with van der Waals surface area (Å²) < 4.78 is 3.04. The Bertz CT molecular complexity index is 589. The molecule has 2 aromatic heterocycles. The third-order valence-corrected chi connectivity index (χ3v) is 4.41. The predicted octanol–water partition coefficient (Wildman–Crippen LogP) is 2.71. The van der Waals surface area contributed by atoms with Crippen molar-refractivity contribution in [2.45, 2.75) is 20.4 Å². The molecule has 2 heterocycles. The number of halogens is 2. The van der Waals surface area contributed by atoms with Crippen LogP contribution in [0.25, 0.3) is 0 Å². The highest BCUT2D eigenvalue weighted by atomic mass is 79.9. The van der Waals surface area contributed by atoms with Crippen LogP contribution in [0.1, 0.15) is 23.1 Å². The van der Waals surface area contributed by atoms with E-state index in [4.69, 9.17) is 0 Å². The van der Waals surface area contributed by atoms with E-state index in [2.05, 4.69) is 52.5 Å². The molecular weight excluding hydrogens is 366 g/mol. The highest BCUT2D eigenvalue weighted by Crippen LogP contribution is 2.25. The average Bonchev–Trinajstić information content (AvgIpc) is 2.85. The standard InChI is InChI=1S/C10H11Br2N5O/c1-3-17-5(2)6(4-13-17)14-10(18)8-7(11)9(12)16-15-8/h4H,3H2,1-2H3,(H,14,18)(H,15,16). The van der Waals surface area contributed by atoms with Crippen molar-refractivity contribution in [3.05, 3.63) is 26.7 Å². The van der Waals surface area contributed by atoms with E-state index in [0.29, 0.717) is 20.5 Å². The van der Waals surface area contributed by atoms with E-state index < -0.39 is 0 Å². The lowest BCUT2D eigenvalue weighted by Crippen LogP contribution is -2.13. The molecule has 0 spiro atoms. The lowest BCUT2D eigenvalue weighted by molar-refractivity contribution is 0.102. The smallest absolute Gasteiger partial charge is 0.277 e. The van der Waals surface area contributed by atoms with Crippen LogP contribution in [0.15, 0.2) is 15.3 Å². The highest BCUT2D eigenvalue weighted by Gasteiger charge is 2.18. The Morgan fingerprint density at radius 3 is 2.78 bits per heavy atom. The molecule has 2 rings (SSSR count). The van der Waals surface area contributed by atoms with E-state index in [-0.39, 0.29) is 5.91 Å². The SMILES string of the molecule is CCn1ncc(NC(=O)c2n[nH]c(Br)c2Br)c1C. The number of nitrogens with one attached hydrogen (secondary N) is 2. The molecule has 0 aliphatic heterocycles. The Hall–Kier alpha value is -1.15. The summed E-state index contributed by atoms with van der Waals surface area (Å²) in [5.41, 5.74) is 1.90. The van der Waals surface area contributed by atoms with Gasteiger partial charge in [-0.1, -0.05) is 0 Å². The maximum atomic E-state index is 12.0. The van der Waals surface area contributed by atoms with Gasteiger partial charge in [0.05, 0.1) is 22.1 Å². The molecule has 0 atom stereocenters. The third kappa shape index (κ3) is 2.35. The largest absolute Gasteiger partial charge is 0.318 e. The first-order valence-corrected chi connectivity index (χ1v) is 6.86. The van der Waals surface area contributed by atoms with Crippen LogP contribution in [0.2, 0.25) is 0 Å². The molecule has 96 valence electrons. The van der Waals surface area contributed by atoms with E-state index in [1.165, 1.54) is 0 Å². The zero-order valence-electron chi connectivity index (χ0n) is 9.79. The summed E-state index contributed by atoms with van der Waals surface area (Å²) in [4.78, 5) is 12.0. The molecule has 0 fully saturated rings. The predicted molar refractivity (Wildman–Crippen MR) is 74.6 cm³/mol. The molecule has 18 heavy (non-hydrogen) atoms. The van der Waals surface area contributed by atoms with Crippen LogP contribution in [-0.2, 0) is 6.54 Å². The van der Waals surface area contributed by atoms with Crippen molar-refractivity contribution in [1.29, 1.82) is 0 Å². The molecule has 0 saturated carbocycles. The summed E-state index contributed by atoms with van der Waals surface area (Å²) in [5.74, 6) is -0.289. The second kappa shape index (κ2) is 5.23. The van der Waals surface area contributed by atoms with Crippen molar-refractivity contribution in [2.75, 3.05) is 5.32 Å². The maximum Gasteiger partial charge on any atom is 0.277 e. The Kier molecular flexibility index (Phi) is 3.86. The van der Waals surface area contributed by atoms with Crippen LogP contribution in [0.4, 0.5) is 5.69 Å². The van der Waals surface area contributed by atoms with E-state index in [1.807, 2.05) is 18.5 Å². The minimum Gasteiger partial charge on any atom is -0.318 e. The molecule has 6 nitrogen and oxygen atoms in total. The molecule has 0 unspecified atom stereocenters. The van der Waals surface area contributed by atoms with Crippen molar-refractivity contribution >= 4 is 43.5 Å². The number of aryl methyl sites for hydroxylation is 1. The fourth-order valence-corrected chi connectivity index (χ4v) is 2.16. The molecule has 0 aliphatic rings. The van der Waals surface area contributed by atoms with Crippen molar-refractivity contribution in [1.82, 2.24) is 20.0 Å². The second-order valence-electron chi connectivity index (χ2n) is 3.61. The Morgan fingerprint density at radius 2 is 2.28 bits per heavy atom. The normalized spacial score (nSPS) is 10.7. The summed E-state index contributed by atoms with van der Waals surface area (Å²) in [6.45, 7) is 4.66. The molecule has 0 aliphatic carbocycles. The topological polar surface area (TPSA) is 75.6 Å². The van der Waals surface area contributed by atoms with Crippen LogP contribution >= 0.6 is 31.9 Å². The number of hydrogen-bond donors (Lipinski definition) is 2. The summed E-state index contributed by atoms with van der Waals surface area (Å²) >= 11 is 6.52. The van der Waals surface area contributed by atoms with Gasteiger partial charge < -0.3 is 5.32 Å². The number of amides is 1. The van der Waals surface area contributed by atoms with Gasteiger partial charge in [-0.15, -0.1) is 0 Å². The van der Waals surface area contributed by atoms with Crippen molar-refractivity contribution in [2.24, 2.45) is 0 Å². The van der Waals surface area contributed by atoms with Crippen LogP contribution in [0.5, 0.6) is 0 Å². The van der Waals surface area contributed by atoms with Crippen LogP contribution in [-0.4, -0.2) is 25.9 Å². The Balaban J connectivity index is 2.21. The molecule has 0 aromatic carbocycles. The fourth-order valence-electron chi connectivity index (χ4n) is 1.53. The summed E-state index contributed by atoms with van der Waals surface area (Å²) in [6.07, 6.45) is 1.63. The summed E-state index contributed by atoms with van der Waals surface area (Å²) in [7, 11) is 0. The summed E-state index contributed by atoms with van der Waals surface area (Å²) in [6, 6.07) is 0. The van der Waals surface area contributed by atoms with Crippen LogP contribution in [0, 0.1) is 6.92 Å². The van der Waals surface area contributed by atoms with E-state index in [1.54, 1.807) is 6.20 Å². The monoisotopic (exact) mass is 375 g/mol. The number of rotatable bonds is 3. The van der Waals surface area contributed by atoms with Gasteiger partial charge in [-0.2, -0.15) is 10.2 Å². The minimum atomic E-state index is -0.289. The van der Waals surface area contributed by atoms with Crippen LogP contribution in [0.3, 0.4) is 0 Å². The second-order valence-corrected chi connectivity index (χ2v) is 5.20. The number of carbonyl (C=O) groups excluding carboxylic acids is 1. The first kappa shape index (κ1) is 13.3. The molecule has 0 radical (unpaired) electrons. The van der Waals surface area contributed by atoms with E-state index in [9.17, 15) is 4.79 Å². The highest BCUT2D eigenvalue weighted by molar-refractivity contribution is 9.13. The van der Waals surface area contributed by atoms with Gasteiger partial charge in [0.2, 0.25) is 0 Å². The van der Waals surface area contributed by atoms with E-state index >= 15 is 0 Å². The average molecular weight is 377 g/mol. The zero-order chi connectivity index (χ0) is 13.3. The maximum absolute atomic E-state index is 12.0. The Morgan fingerprint density at radius 1 is 1.56 bits per heavy atom. The number of aromatic amines is 1. The number of anilines is 1. The van der Waals surface area contributed by atoms with Gasteiger partial charge in [0.25, 0.3) is 5.91 Å². The molecule has 0 saturated heterocycles. The number of carbonyl (C=O) groups is 1. The van der Waals surface area contributed by atoms with Crippen molar-refractivity contribution in [3.8, 4) is 0 Å². The quantitative estimate of drug-likeness (QED) is 0.864. The first-order chi connectivity index (χ1) is 8.54. The number of H-pyrrole nitrogens is 1. The minimum absolute atomic E-state index is 0.289. The third-order valence-electron chi connectivity index (χ3n) is 2.53. The lowest BCUT2D eigenvalue weighted by Gasteiger charge is -2.03. The number of hydrogen-bond acceptors (Lipinski definition) is 3. The van der Waals surface area contributed by atoms with Gasteiger partial charge in [-0.25, -0.2) is 0 Å². The van der Waals surface area contributed by atoms with E-state index in [0.717, 1.165) is 12.2 Å². The summed E-state index contributed by atoms with van der Waals surface area (Å²) in [5, 5.41) is 13.5. The number of nitrogens with zero attached hydrogens (tertiary/aromatic N) is 3. The molecule has 2 N–H and O–H groups in total. The molecular formula is C10H11Br2N5O. The molecule has 1 amide bonds. The van der Waals surface area contributed by atoms with Gasteiger partial charge >= 0.3 is 0 Å². The van der Waals surface area contributed by atoms with Gasteiger partial charge in [0.1, 0.15) is 4.60 Å². The van der Waals surface area contributed by atoms with Gasteiger partial charge in [0.15, 0.2) is 5.69 Å². The zero-order valence-corrected chi connectivity index (χ0v) is 13.0. The fraction of sp³-hybridized carbons (Fsp3) is 0.300. The molecule has 0 bridgehead atoms. The molecule has 2 aromatic rings. The first-order valence-electron chi connectivity index (χ1n) is 5.27. The van der Waals surface area contributed by atoms with Gasteiger partial charge in [-0.3, -0.25) is 14.6 Å². The lowest BCUT2D eigenvalue weighted by atomic mass is 10.3. The van der Waals surface area contributed by atoms with Crippen LogP contribution < -0.4 is 5.32 Å². The van der Waals surface area contributed by atoms with Crippen molar-refractivity contribution in [3.63, 3.8) is 0 Å². The van der Waals surface area contributed by atoms with Gasteiger partial charge in [0, 0.05) is 6.54 Å². The molecule has 8 heteroatoms. The number of aromatic nitrogens is 4. The van der Waals surface area contributed by atoms with Gasteiger partial charge in [-0.05, 0) is 45.7 Å². The Labute approximate surface area is 120 Å². The van der Waals surface area contributed by atoms with Crippen molar-refractivity contribution < 1.29 is 4.79 Å².